The van der Waals surface area contributed by atoms with Gasteiger partial charge in [-0.05, 0) is 18.6 Å². The second-order valence-electron chi connectivity index (χ2n) is 5.27. The Balaban J connectivity index is 2.64. The van der Waals surface area contributed by atoms with E-state index in [4.69, 9.17) is 0 Å². The number of aromatic nitrogens is 4. The van der Waals surface area contributed by atoms with Crippen molar-refractivity contribution in [1.29, 1.82) is 0 Å². The molecule has 0 atom stereocenters. The highest BCUT2D eigenvalue weighted by atomic mass is 32.2. The van der Waals surface area contributed by atoms with Gasteiger partial charge >= 0.3 is 5.69 Å². The first-order valence-electron chi connectivity index (χ1n) is 8.00. The standard InChI is InChI=1S/C15H24N4O2S/c1-4-7-9-18-12-11(16-14(17-12)22-6-3)13(20)19(15(18)21)10-8-5-2/h4-10H2,1-3H3,(H,16,17). The first-order chi connectivity index (χ1) is 10.6. The maximum absolute atomic E-state index is 12.6. The lowest BCUT2D eigenvalue weighted by Gasteiger charge is -2.10. The van der Waals surface area contributed by atoms with Crippen LogP contribution in [0.5, 0.6) is 0 Å². The fourth-order valence-electron chi connectivity index (χ4n) is 2.38. The predicted molar refractivity (Wildman–Crippen MR) is 90.8 cm³/mol. The molecule has 0 saturated heterocycles. The van der Waals surface area contributed by atoms with Crippen molar-refractivity contribution in [1.82, 2.24) is 19.1 Å². The molecule has 0 spiro atoms. The Morgan fingerprint density at radius 2 is 1.68 bits per heavy atom. The Kier molecular flexibility index (Phi) is 5.88. The SMILES string of the molecule is CCCCn1c(=O)c2[nH]c(SCC)nc2n(CCCC)c1=O. The minimum atomic E-state index is -0.253. The lowest BCUT2D eigenvalue weighted by molar-refractivity contribution is 0.530. The summed E-state index contributed by atoms with van der Waals surface area (Å²) >= 11 is 1.54. The zero-order chi connectivity index (χ0) is 16.1. The third-order valence-electron chi connectivity index (χ3n) is 3.59. The third kappa shape index (κ3) is 3.29. The average molecular weight is 324 g/mol. The summed E-state index contributed by atoms with van der Waals surface area (Å²) in [6.45, 7) is 7.22. The van der Waals surface area contributed by atoms with Crippen molar-refractivity contribution in [3.8, 4) is 0 Å². The molecule has 2 heterocycles. The van der Waals surface area contributed by atoms with Crippen molar-refractivity contribution >= 4 is 22.9 Å². The van der Waals surface area contributed by atoms with Gasteiger partial charge in [0.05, 0.1) is 0 Å². The molecule has 0 aliphatic heterocycles. The Labute approximate surface area is 133 Å². The molecule has 0 bridgehead atoms. The molecule has 6 nitrogen and oxygen atoms in total. The second-order valence-corrected chi connectivity index (χ2v) is 6.52. The highest BCUT2D eigenvalue weighted by Gasteiger charge is 2.16. The van der Waals surface area contributed by atoms with Crippen LogP contribution in [0.2, 0.25) is 0 Å². The molecular formula is C15H24N4O2S. The molecule has 0 fully saturated rings. The number of aromatic amines is 1. The van der Waals surface area contributed by atoms with Crippen LogP contribution in [0, 0.1) is 0 Å². The van der Waals surface area contributed by atoms with E-state index in [9.17, 15) is 9.59 Å². The Bertz CT molecular complexity index is 744. The number of nitrogens with one attached hydrogen (secondary N) is 1. The van der Waals surface area contributed by atoms with Crippen molar-refractivity contribution in [3.63, 3.8) is 0 Å². The minimum Gasteiger partial charge on any atom is -0.327 e. The normalized spacial score (nSPS) is 11.4. The number of hydrogen-bond donors (Lipinski definition) is 1. The molecule has 2 aromatic heterocycles. The van der Waals surface area contributed by atoms with Crippen molar-refractivity contribution in [2.75, 3.05) is 5.75 Å². The molecule has 0 radical (unpaired) electrons. The van der Waals surface area contributed by atoms with Gasteiger partial charge in [0.2, 0.25) is 0 Å². The largest absolute Gasteiger partial charge is 0.332 e. The predicted octanol–water partition coefficient (Wildman–Crippen LogP) is 2.60. The summed E-state index contributed by atoms with van der Waals surface area (Å²) in [6.07, 6.45) is 3.64. The van der Waals surface area contributed by atoms with Gasteiger partial charge in [0.25, 0.3) is 5.56 Å². The maximum Gasteiger partial charge on any atom is 0.332 e. The number of nitrogens with zero attached hydrogens (tertiary/aromatic N) is 3. The fraction of sp³-hybridized carbons (Fsp3) is 0.667. The first-order valence-corrected chi connectivity index (χ1v) is 8.98. The van der Waals surface area contributed by atoms with Crippen LogP contribution in [-0.4, -0.2) is 24.9 Å². The van der Waals surface area contributed by atoms with Crippen LogP contribution in [0.15, 0.2) is 14.7 Å². The van der Waals surface area contributed by atoms with Gasteiger partial charge in [0, 0.05) is 13.1 Å². The molecule has 0 amide bonds. The van der Waals surface area contributed by atoms with E-state index in [0.29, 0.717) is 29.4 Å². The van der Waals surface area contributed by atoms with Crippen molar-refractivity contribution < 1.29 is 0 Å². The van der Waals surface area contributed by atoms with E-state index >= 15 is 0 Å². The summed E-state index contributed by atoms with van der Waals surface area (Å²) in [6, 6.07) is 0. The summed E-state index contributed by atoms with van der Waals surface area (Å²) < 4.78 is 2.99. The van der Waals surface area contributed by atoms with Gasteiger partial charge < -0.3 is 4.98 Å². The molecule has 7 heteroatoms. The van der Waals surface area contributed by atoms with Crippen molar-refractivity contribution in [2.45, 2.75) is 64.7 Å². The van der Waals surface area contributed by atoms with E-state index in [-0.39, 0.29) is 11.2 Å². The van der Waals surface area contributed by atoms with Crippen LogP contribution < -0.4 is 11.2 Å². The smallest absolute Gasteiger partial charge is 0.327 e. The van der Waals surface area contributed by atoms with E-state index in [1.54, 1.807) is 16.3 Å². The number of unbranched alkanes of at least 4 members (excludes halogenated alkanes) is 2. The number of fused-ring (bicyclic) bond motifs is 1. The topological polar surface area (TPSA) is 72.7 Å². The Morgan fingerprint density at radius 1 is 1.05 bits per heavy atom. The zero-order valence-electron chi connectivity index (χ0n) is 13.5. The molecule has 0 aliphatic rings. The number of hydrogen-bond acceptors (Lipinski definition) is 4. The van der Waals surface area contributed by atoms with Gasteiger partial charge in [0.1, 0.15) is 0 Å². The quantitative estimate of drug-likeness (QED) is 0.758. The van der Waals surface area contributed by atoms with Crippen LogP contribution in [0.3, 0.4) is 0 Å². The summed E-state index contributed by atoms with van der Waals surface area (Å²) in [5.74, 6) is 0.864. The molecular weight excluding hydrogens is 300 g/mol. The van der Waals surface area contributed by atoms with E-state index in [0.717, 1.165) is 31.4 Å². The van der Waals surface area contributed by atoms with Crippen molar-refractivity contribution in [2.24, 2.45) is 0 Å². The van der Waals surface area contributed by atoms with Crippen molar-refractivity contribution in [3.05, 3.63) is 20.8 Å². The molecule has 2 aromatic rings. The first kappa shape index (κ1) is 16.9. The molecule has 1 N–H and O–H groups in total. The summed E-state index contributed by atoms with van der Waals surface area (Å²) in [4.78, 5) is 32.8. The van der Waals surface area contributed by atoms with Gasteiger partial charge in [-0.2, -0.15) is 0 Å². The molecule has 0 saturated carbocycles. The molecule has 2 rings (SSSR count). The maximum atomic E-state index is 12.6. The van der Waals surface area contributed by atoms with E-state index in [1.165, 1.54) is 4.57 Å². The van der Waals surface area contributed by atoms with Crippen LogP contribution in [0.4, 0.5) is 0 Å². The molecule has 122 valence electrons. The van der Waals surface area contributed by atoms with Gasteiger partial charge in [-0.1, -0.05) is 45.4 Å². The molecule has 0 aromatic carbocycles. The van der Waals surface area contributed by atoms with E-state index in [2.05, 4.69) is 16.9 Å². The minimum absolute atomic E-state index is 0.237. The van der Waals surface area contributed by atoms with Gasteiger partial charge in [-0.15, -0.1) is 0 Å². The number of thioether (sulfide) groups is 1. The van der Waals surface area contributed by atoms with Gasteiger partial charge in [-0.25, -0.2) is 9.78 Å². The molecule has 22 heavy (non-hydrogen) atoms. The summed E-state index contributed by atoms with van der Waals surface area (Å²) in [5.41, 5.74) is 0.450. The highest BCUT2D eigenvalue weighted by molar-refractivity contribution is 7.99. The van der Waals surface area contributed by atoms with E-state index < -0.39 is 0 Å². The van der Waals surface area contributed by atoms with Crippen LogP contribution in [0.25, 0.3) is 11.2 Å². The number of aryl methyl sites for hydroxylation is 1. The zero-order valence-corrected chi connectivity index (χ0v) is 14.3. The van der Waals surface area contributed by atoms with Gasteiger partial charge in [-0.3, -0.25) is 13.9 Å². The van der Waals surface area contributed by atoms with Crippen LogP contribution >= 0.6 is 11.8 Å². The van der Waals surface area contributed by atoms with Gasteiger partial charge in [0.15, 0.2) is 16.3 Å². The number of H-pyrrole nitrogens is 1. The summed E-state index contributed by atoms with van der Waals surface area (Å²) in [5, 5.41) is 0.701. The monoisotopic (exact) mass is 324 g/mol. The average Bonchev–Trinajstić information content (AvgIpc) is 2.91. The number of rotatable bonds is 8. The fourth-order valence-corrected chi connectivity index (χ4v) is 2.98. The number of imidazole rings is 1. The summed E-state index contributed by atoms with van der Waals surface area (Å²) in [7, 11) is 0. The second kappa shape index (κ2) is 7.67. The molecule has 0 unspecified atom stereocenters. The Hall–Kier alpha value is -1.50. The highest BCUT2D eigenvalue weighted by Crippen LogP contribution is 2.16. The lowest BCUT2D eigenvalue weighted by Crippen LogP contribution is -2.40. The third-order valence-corrected chi connectivity index (χ3v) is 4.35. The van der Waals surface area contributed by atoms with Crippen LogP contribution in [0.1, 0.15) is 46.5 Å². The Morgan fingerprint density at radius 3 is 2.27 bits per heavy atom. The van der Waals surface area contributed by atoms with E-state index in [1.807, 2.05) is 13.8 Å². The lowest BCUT2D eigenvalue weighted by atomic mass is 10.3. The molecule has 0 aliphatic carbocycles. The van der Waals surface area contributed by atoms with Crippen LogP contribution in [-0.2, 0) is 13.1 Å².